The van der Waals surface area contributed by atoms with Crippen LogP contribution in [0.25, 0.3) is 11.3 Å². The van der Waals surface area contributed by atoms with Crippen LogP contribution in [0.5, 0.6) is 5.75 Å². The summed E-state index contributed by atoms with van der Waals surface area (Å²) in [5.74, 6) is -0.596. The Morgan fingerprint density at radius 2 is 2.12 bits per heavy atom. The first-order chi connectivity index (χ1) is 7.50. The normalized spacial score (nSPS) is 10.7. The first-order valence-electron chi connectivity index (χ1n) is 4.78. The van der Waals surface area contributed by atoms with Crippen LogP contribution in [0.1, 0.15) is 5.56 Å². The second-order valence-electron chi connectivity index (χ2n) is 3.67. The monoisotopic (exact) mass is 221 g/mol. The van der Waals surface area contributed by atoms with Gasteiger partial charge in [-0.2, -0.15) is 5.10 Å². The number of aromatic nitrogens is 2. The molecule has 2 aromatic rings. The third-order valence-electron chi connectivity index (χ3n) is 2.51. The fourth-order valence-corrected chi connectivity index (χ4v) is 1.59. The molecule has 5 heteroatoms. The Balaban J connectivity index is 2.68. The lowest BCUT2D eigenvalue weighted by atomic mass is 10.0. The van der Waals surface area contributed by atoms with E-state index in [2.05, 4.69) is 5.10 Å². The number of anilines is 1. The van der Waals surface area contributed by atoms with E-state index in [0.29, 0.717) is 17.1 Å². The molecule has 1 aromatic carbocycles. The van der Waals surface area contributed by atoms with Crippen molar-refractivity contribution in [3.05, 3.63) is 29.6 Å². The SMILES string of the molecule is Cc1ccc(F)c(O)c1-c1cc(N)n(C)n1. The highest BCUT2D eigenvalue weighted by Crippen LogP contribution is 2.34. The highest BCUT2D eigenvalue weighted by molar-refractivity contribution is 5.72. The van der Waals surface area contributed by atoms with Crippen LogP contribution in [0.15, 0.2) is 18.2 Å². The van der Waals surface area contributed by atoms with E-state index < -0.39 is 11.6 Å². The maximum absolute atomic E-state index is 13.2. The van der Waals surface area contributed by atoms with Crippen molar-refractivity contribution in [2.24, 2.45) is 7.05 Å². The molecule has 0 fully saturated rings. The molecule has 0 aliphatic carbocycles. The highest BCUT2D eigenvalue weighted by atomic mass is 19.1. The second-order valence-corrected chi connectivity index (χ2v) is 3.67. The van der Waals surface area contributed by atoms with Crippen molar-refractivity contribution >= 4 is 5.82 Å². The molecule has 2 rings (SSSR count). The predicted octanol–water partition coefficient (Wildman–Crippen LogP) is 1.82. The molecule has 0 saturated heterocycles. The van der Waals surface area contributed by atoms with Crippen molar-refractivity contribution in [1.29, 1.82) is 0 Å². The number of benzene rings is 1. The van der Waals surface area contributed by atoms with Gasteiger partial charge in [0.15, 0.2) is 11.6 Å². The molecule has 1 aromatic heterocycles. The van der Waals surface area contributed by atoms with Crippen molar-refractivity contribution in [1.82, 2.24) is 9.78 Å². The zero-order valence-electron chi connectivity index (χ0n) is 9.03. The van der Waals surface area contributed by atoms with E-state index in [-0.39, 0.29) is 0 Å². The molecule has 0 aliphatic heterocycles. The van der Waals surface area contributed by atoms with Gasteiger partial charge in [-0.1, -0.05) is 6.07 Å². The Kier molecular flexibility index (Phi) is 2.30. The lowest BCUT2D eigenvalue weighted by molar-refractivity contribution is 0.434. The molecule has 16 heavy (non-hydrogen) atoms. The number of nitrogens with zero attached hydrogens (tertiary/aromatic N) is 2. The van der Waals surface area contributed by atoms with E-state index in [1.54, 1.807) is 26.1 Å². The van der Waals surface area contributed by atoms with Crippen molar-refractivity contribution in [3.63, 3.8) is 0 Å². The zero-order valence-corrected chi connectivity index (χ0v) is 9.03. The maximum Gasteiger partial charge on any atom is 0.165 e. The number of aryl methyl sites for hydroxylation is 2. The Labute approximate surface area is 92.1 Å². The van der Waals surface area contributed by atoms with Gasteiger partial charge in [0.05, 0.1) is 5.69 Å². The number of hydrogen-bond acceptors (Lipinski definition) is 3. The number of phenolic OH excluding ortho intramolecular Hbond substituents is 1. The lowest BCUT2D eigenvalue weighted by Gasteiger charge is -2.05. The first kappa shape index (κ1) is 10.5. The molecular weight excluding hydrogens is 209 g/mol. The minimum Gasteiger partial charge on any atom is -0.504 e. The highest BCUT2D eigenvalue weighted by Gasteiger charge is 2.15. The molecule has 0 spiro atoms. The molecule has 0 bridgehead atoms. The van der Waals surface area contributed by atoms with Crippen LogP contribution >= 0.6 is 0 Å². The van der Waals surface area contributed by atoms with Crippen LogP contribution in [0.2, 0.25) is 0 Å². The summed E-state index contributed by atoms with van der Waals surface area (Å²) in [5.41, 5.74) is 7.24. The number of phenols is 1. The Morgan fingerprint density at radius 3 is 2.69 bits per heavy atom. The van der Waals surface area contributed by atoms with E-state index >= 15 is 0 Å². The van der Waals surface area contributed by atoms with Gasteiger partial charge in [0.1, 0.15) is 5.82 Å². The standard InChI is InChI=1S/C11H12FN3O/c1-6-3-4-7(12)11(16)10(6)8-5-9(13)15(2)14-8/h3-5,16H,13H2,1-2H3. The number of nitrogens with two attached hydrogens (primary N) is 1. The first-order valence-corrected chi connectivity index (χ1v) is 4.78. The fraction of sp³-hybridized carbons (Fsp3) is 0.182. The molecule has 0 saturated carbocycles. The van der Waals surface area contributed by atoms with Gasteiger partial charge < -0.3 is 10.8 Å². The van der Waals surface area contributed by atoms with Crippen LogP contribution in [0.3, 0.4) is 0 Å². The summed E-state index contributed by atoms with van der Waals surface area (Å²) in [6, 6.07) is 4.41. The van der Waals surface area contributed by atoms with Gasteiger partial charge in [0.2, 0.25) is 0 Å². The topological polar surface area (TPSA) is 64.1 Å². The summed E-state index contributed by atoms with van der Waals surface area (Å²) in [5, 5.41) is 13.8. The van der Waals surface area contributed by atoms with E-state index in [1.807, 2.05) is 0 Å². The average Bonchev–Trinajstić information content (AvgIpc) is 2.54. The summed E-state index contributed by atoms with van der Waals surface area (Å²) in [6.45, 7) is 1.78. The van der Waals surface area contributed by atoms with Crippen LogP contribution in [0.4, 0.5) is 10.2 Å². The summed E-state index contributed by atoms with van der Waals surface area (Å²) in [7, 11) is 1.69. The van der Waals surface area contributed by atoms with Crippen LogP contribution < -0.4 is 5.73 Å². The largest absolute Gasteiger partial charge is 0.504 e. The van der Waals surface area contributed by atoms with E-state index in [1.165, 1.54) is 10.7 Å². The average molecular weight is 221 g/mol. The van der Waals surface area contributed by atoms with Gasteiger partial charge in [0, 0.05) is 18.7 Å². The third kappa shape index (κ3) is 1.50. The van der Waals surface area contributed by atoms with Crippen LogP contribution in [0, 0.1) is 12.7 Å². The molecule has 1 heterocycles. The molecule has 0 unspecified atom stereocenters. The molecule has 3 N–H and O–H groups in total. The van der Waals surface area contributed by atoms with E-state index in [4.69, 9.17) is 5.73 Å². The van der Waals surface area contributed by atoms with E-state index in [9.17, 15) is 9.50 Å². The van der Waals surface area contributed by atoms with Crippen molar-refractivity contribution in [2.45, 2.75) is 6.92 Å². The van der Waals surface area contributed by atoms with Gasteiger partial charge in [-0.05, 0) is 18.6 Å². The van der Waals surface area contributed by atoms with Gasteiger partial charge in [0.25, 0.3) is 0 Å². The minimum atomic E-state index is -0.662. The minimum absolute atomic E-state index is 0.382. The maximum atomic E-state index is 13.2. The number of rotatable bonds is 1. The molecular formula is C11H12FN3O. The Hall–Kier alpha value is -2.04. The molecule has 0 radical (unpaired) electrons. The van der Waals surface area contributed by atoms with Crippen molar-refractivity contribution in [3.8, 4) is 17.0 Å². The molecule has 0 atom stereocenters. The summed E-state index contributed by atoms with van der Waals surface area (Å²) >= 11 is 0. The van der Waals surface area contributed by atoms with Gasteiger partial charge in [-0.15, -0.1) is 0 Å². The smallest absolute Gasteiger partial charge is 0.165 e. The molecule has 4 nitrogen and oxygen atoms in total. The second kappa shape index (κ2) is 3.52. The number of hydrogen-bond donors (Lipinski definition) is 2. The third-order valence-corrected chi connectivity index (χ3v) is 2.51. The number of halogens is 1. The quantitative estimate of drug-likeness (QED) is 0.772. The fourth-order valence-electron chi connectivity index (χ4n) is 1.59. The molecule has 0 aliphatic rings. The van der Waals surface area contributed by atoms with Crippen LogP contribution in [-0.4, -0.2) is 14.9 Å². The Morgan fingerprint density at radius 1 is 1.44 bits per heavy atom. The number of nitrogen functional groups attached to an aromatic ring is 1. The molecule has 84 valence electrons. The Bertz CT molecular complexity index is 529. The lowest BCUT2D eigenvalue weighted by Crippen LogP contribution is -1.96. The van der Waals surface area contributed by atoms with Crippen molar-refractivity contribution in [2.75, 3.05) is 5.73 Å². The zero-order chi connectivity index (χ0) is 11.9. The van der Waals surface area contributed by atoms with Crippen LogP contribution in [-0.2, 0) is 7.05 Å². The van der Waals surface area contributed by atoms with Gasteiger partial charge >= 0.3 is 0 Å². The predicted molar refractivity (Wildman–Crippen MR) is 59.4 cm³/mol. The summed E-state index contributed by atoms with van der Waals surface area (Å²) in [6.07, 6.45) is 0. The van der Waals surface area contributed by atoms with E-state index in [0.717, 1.165) is 5.56 Å². The molecule has 0 amide bonds. The van der Waals surface area contributed by atoms with Gasteiger partial charge in [-0.3, -0.25) is 4.68 Å². The van der Waals surface area contributed by atoms with Gasteiger partial charge in [-0.25, -0.2) is 4.39 Å². The summed E-state index contributed by atoms with van der Waals surface area (Å²) < 4.78 is 14.7. The summed E-state index contributed by atoms with van der Waals surface area (Å²) in [4.78, 5) is 0. The number of aromatic hydroxyl groups is 1. The van der Waals surface area contributed by atoms with Crippen molar-refractivity contribution < 1.29 is 9.50 Å².